The van der Waals surface area contributed by atoms with Crippen molar-refractivity contribution in [1.29, 1.82) is 0 Å². The van der Waals surface area contributed by atoms with Crippen LogP contribution in [0, 0.1) is 35.5 Å². The lowest BCUT2D eigenvalue weighted by molar-refractivity contribution is 0.255. The van der Waals surface area contributed by atoms with Crippen LogP contribution in [0.1, 0.15) is 87.5 Å². The summed E-state index contributed by atoms with van der Waals surface area (Å²) >= 11 is 0. The molecule has 0 fully saturated rings. The predicted molar refractivity (Wildman–Crippen MR) is 89.4 cm³/mol. The van der Waals surface area contributed by atoms with Gasteiger partial charge < -0.3 is 0 Å². The maximum atomic E-state index is 2.47. The summed E-state index contributed by atoms with van der Waals surface area (Å²) in [6.07, 6.45) is 7.03. The minimum absolute atomic E-state index is 0.851. The van der Waals surface area contributed by atoms with Gasteiger partial charge in [0.15, 0.2) is 0 Å². The first-order valence-corrected chi connectivity index (χ1v) is 8.72. The van der Waals surface area contributed by atoms with Crippen LogP contribution >= 0.6 is 0 Å². The van der Waals surface area contributed by atoms with Gasteiger partial charge in [0.25, 0.3) is 0 Å². The van der Waals surface area contributed by atoms with Gasteiger partial charge in [-0.3, -0.25) is 0 Å². The summed E-state index contributed by atoms with van der Waals surface area (Å²) in [4.78, 5) is 0. The molecular weight excluding hydrogens is 228 g/mol. The van der Waals surface area contributed by atoms with E-state index in [1.807, 2.05) is 0 Å². The highest BCUT2D eigenvalue weighted by Gasteiger charge is 2.17. The van der Waals surface area contributed by atoms with E-state index in [2.05, 4.69) is 55.4 Å². The molecule has 0 rings (SSSR count). The zero-order chi connectivity index (χ0) is 15.0. The molecule has 116 valence electrons. The van der Waals surface area contributed by atoms with Gasteiger partial charge in [-0.2, -0.15) is 0 Å². The molecule has 0 saturated carbocycles. The molecular formula is C19H40. The van der Waals surface area contributed by atoms with Gasteiger partial charge in [0.1, 0.15) is 0 Å². The predicted octanol–water partition coefficient (Wildman–Crippen LogP) is 6.79. The third-order valence-corrected chi connectivity index (χ3v) is 4.62. The van der Waals surface area contributed by atoms with Gasteiger partial charge in [-0.05, 0) is 54.8 Å². The second-order valence-corrected chi connectivity index (χ2v) is 8.24. The van der Waals surface area contributed by atoms with Crippen LogP contribution in [0.4, 0.5) is 0 Å². The summed E-state index contributed by atoms with van der Waals surface area (Å²) in [6, 6.07) is 0. The third kappa shape index (κ3) is 10.4. The molecule has 0 bridgehead atoms. The van der Waals surface area contributed by atoms with Gasteiger partial charge >= 0.3 is 0 Å². The fourth-order valence-corrected chi connectivity index (χ4v) is 3.43. The van der Waals surface area contributed by atoms with Gasteiger partial charge in [-0.1, -0.05) is 68.2 Å². The molecule has 4 unspecified atom stereocenters. The Kier molecular flexibility index (Phi) is 9.83. The Morgan fingerprint density at radius 3 is 1.47 bits per heavy atom. The molecule has 0 aromatic carbocycles. The van der Waals surface area contributed by atoms with E-state index in [1.54, 1.807) is 0 Å². The summed E-state index contributed by atoms with van der Waals surface area (Å²) in [7, 11) is 0. The normalized spacial score (nSPS) is 18.6. The Morgan fingerprint density at radius 2 is 1.00 bits per heavy atom. The highest BCUT2D eigenvalue weighted by Crippen LogP contribution is 2.29. The van der Waals surface area contributed by atoms with Crippen molar-refractivity contribution in [2.24, 2.45) is 35.5 Å². The average molecular weight is 269 g/mol. The second kappa shape index (κ2) is 9.83. The van der Waals surface area contributed by atoms with Gasteiger partial charge in [0, 0.05) is 0 Å². The maximum absolute atomic E-state index is 2.47. The molecule has 0 spiro atoms. The Bertz CT molecular complexity index is 204. The summed E-state index contributed by atoms with van der Waals surface area (Å²) in [5.41, 5.74) is 0. The standard InChI is InChI=1S/C19H40/c1-14(2)9-10-18(7)19(8)13-17(6)12-16(5)11-15(3)4/h14-19H,9-13H2,1-8H3. The fourth-order valence-electron chi connectivity index (χ4n) is 3.43. The lowest BCUT2D eigenvalue weighted by atomic mass is 9.80. The Morgan fingerprint density at radius 1 is 0.474 bits per heavy atom. The minimum atomic E-state index is 0.851. The molecule has 0 nitrogen and oxygen atoms in total. The van der Waals surface area contributed by atoms with Crippen molar-refractivity contribution in [3.05, 3.63) is 0 Å². The highest BCUT2D eigenvalue weighted by molar-refractivity contribution is 4.69. The maximum Gasteiger partial charge on any atom is -0.0414 e. The monoisotopic (exact) mass is 268 g/mol. The SMILES string of the molecule is CC(C)CCC(C)C(C)CC(C)CC(C)CC(C)C. The second-order valence-electron chi connectivity index (χ2n) is 8.24. The topological polar surface area (TPSA) is 0 Å². The molecule has 0 N–H and O–H groups in total. The molecule has 4 atom stereocenters. The fraction of sp³-hybridized carbons (Fsp3) is 1.00. The summed E-state index contributed by atoms with van der Waals surface area (Å²) in [6.45, 7) is 19.2. The van der Waals surface area contributed by atoms with Crippen LogP contribution in [-0.4, -0.2) is 0 Å². The van der Waals surface area contributed by atoms with Gasteiger partial charge in [-0.25, -0.2) is 0 Å². The van der Waals surface area contributed by atoms with Crippen molar-refractivity contribution >= 4 is 0 Å². The number of hydrogen-bond acceptors (Lipinski definition) is 0. The first-order chi connectivity index (χ1) is 8.72. The summed E-state index contributed by atoms with van der Waals surface area (Å²) < 4.78 is 0. The molecule has 0 radical (unpaired) electrons. The summed E-state index contributed by atoms with van der Waals surface area (Å²) in [5, 5.41) is 0. The van der Waals surface area contributed by atoms with E-state index in [0.717, 1.165) is 35.5 Å². The lowest BCUT2D eigenvalue weighted by Gasteiger charge is -2.26. The van der Waals surface area contributed by atoms with Gasteiger partial charge in [0.2, 0.25) is 0 Å². The Labute approximate surface area is 123 Å². The van der Waals surface area contributed by atoms with Crippen molar-refractivity contribution in [3.8, 4) is 0 Å². The van der Waals surface area contributed by atoms with Crippen molar-refractivity contribution < 1.29 is 0 Å². The van der Waals surface area contributed by atoms with E-state index in [-0.39, 0.29) is 0 Å². The molecule has 0 aliphatic rings. The third-order valence-electron chi connectivity index (χ3n) is 4.62. The molecule has 0 heteroatoms. The first kappa shape index (κ1) is 19.0. The van der Waals surface area contributed by atoms with E-state index in [1.165, 1.54) is 32.1 Å². The largest absolute Gasteiger partial charge is 0.0628 e. The first-order valence-electron chi connectivity index (χ1n) is 8.72. The van der Waals surface area contributed by atoms with Crippen molar-refractivity contribution in [1.82, 2.24) is 0 Å². The van der Waals surface area contributed by atoms with Gasteiger partial charge in [0.05, 0.1) is 0 Å². The summed E-state index contributed by atoms with van der Waals surface area (Å²) in [5.74, 6) is 5.28. The molecule has 0 saturated heterocycles. The number of hydrogen-bond donors (Lipinski definition) is 0. The molecule has 0 aromatic heterocycles. The molecule has 0 aromatic rings. The van der Waals surface area contributed by atoms with E-state index in [0.29, 0.717) is 0 Å². The van der Waals surface area contributed by atoms with E-state index in [4.69, 9.17) is 0 Å². The van der Waals surface area contributed by atoms with Crippen LogP contribution in [0.3, 0.4) is 0 Å². The smallest absolute Gasteiger partial charge is 0.0414 e. The van der Waals surface area contributed by atoms with Crippen LogP contribution in [-0.2, 0) is 0 Å². The minimum Gasteiger partial charge on any atom is -0.0628 e. The van der Waals surface area contributed by atoms with E-state index in [9.17, 15) is 0 Å². The van der Waals surface area contributed by atoms with Crippen LogP contribution in [0.15, 0.2) is 0 Å². The van der Waals surface area contributed by atoms with E-state index < -0.39 is 0 Å². The number of rotatable bonds is 10. The van der Waals surface area contributed by atoms with Crippen LogP contribution in [0.2, 0.25) is 0 Å². The van der Waals surface area contributed by atoms with Crippen LogP contribution < -0.4 is 0 Å². The van der Waals surface area contributed by atoms with E-state index >= 15 is 0 Å². The zero-order valence-electron chi connectivity index (χ0n) is 15.0. The highest BCUT2D eigenvalue weighted by atomic mass is 14.2. The van der Waals surface area contributed by atoms with Crippen LogP contribution in [0.5, 0.6) is 0 Å². The molecule has 0 aliphatic heterocycles. The quantitative estimate of drug-likeness (QED) is 0.409. The average Bonchev–Trinajstić information content (AvgIpc) is 2.23. The van der Waals surface area contributed by atoms with Crippen molar-refractivity contribution in [2.45, 2.75) is 87.5 Å². The zero-order valence-corrected chi connectivity index (χ0v) is 15.0. The molecule has 0 aliphatic carbocycles. The van der Waals surface area contributed by atoms with Gasteiger partial charge in [-0.15, -0.1) is 0 Å². The molecule has 0 amide bonds. The van der Waals surface area contributed by atoms with Crippen LogP contribution in [0.25, 0.3) is 0 Å². The van der Waals surface area contributed by atoms with Crippen molar-refractivity contribution in [2.75, 3.05) is 0 Å². The molecule has 0 heterocycles. The Balaban J connectivity index is 3.93. The lowest BCUT2D eigenvalue weighted by Crippen LogP contribution is -2.15. The Hall–Kier alpha value is 0. The van der Waals surface area contributed by atoms with Crippen molar-refractivity contribution in [3.63, 3.8) is 0 Å². The molecule has 19 heavy (non-hydrogen) atoms.